The SMILES string of the molecule is Cl.O=C(c1ccc(Br)c(F)c1)N1CCC2CNCC2C1. The van der Waals surface area contributed by atoms with Crippen molar-refractivity contribution in [2.45, 2.75) is 6.42 Å². The molecule has 2 fully saturated rings. The van der Waals surface area contributed by atoms with E-state index in [1.165, 1.54) is 6.07 Å². The average molecular weight is 364 g/mol. The Morgan fingerprint density at radius 1 is 1.35 bits per heavy atom. The molecule has 110 valence electrons. The molecule has 3 rings (SSSR count). The summed E-state index contributed by atoms with van der Waals surface area (Å²) in [5, 5.41) is 3.38. The molecule has 2 aliphatic rings. The Kier molecular flexibility index (Phi) is 5.04. The zero-order chi connectivity index (χ0) is 13.4. The molecule has 6 heteroatoms. The van der Waals surface area contributed by atoms with Crippen LogP contribution >= 0.6 is 28.3 Å². The molecular weight excluding hydrogens is 347 g/mol. The number of piperidine rings is 1. The standard InChI is InChI=1S/C14H16BrFN2O.ClH/c15-12-2-1-9(5-13(12)16)14(19)18-4-3-10-6-17-7-11(10)8-18;/h1-2,5,10-11,17H,3-4,6-8H2;1H. The summed E-state index contributed by atoms with van der Waals surface area (Å²) in [6.45, 7) is 3.62. The van der Waals surface area contributed by atoms with Gasteiger partial charge in [0.1, 0.15) is 5.82 Å². The van der Waals surface area contributed by atoms with Crippen molar-refractivity contribution in [1.29, 1.82) is 0 Å². The Morgan fingerprint density at radius 3 is 2.85 bits per heavy atom. The minimum atomic E-state index is -0.386. The maximum absolute atomic E-state index is 13.5. The van der Waals surface area contributed by atoms with E-state index in [0.29, 0.717) is 21.9 Å². The molecule has 20 heavy (non-hydrogen) atoms. The maximum atomic E-state index is 13.5. The molecule has 1 N–H and O–H groups in total. The van der Waals surface area contributed by atoms with E-state index < -0.39 is 0 Å². The molecule has 2 unspecified atom stereocenters. The molecule has 2 heterocycles. The summed E-state index contributed by atoms with van der Waals surface area (Å²) in [5.74, 6) is 0.809. The lowest BCUT2D eigenvalue weighted by molar-refractivity contribution is 0.0642. The van der Waals surface area contributed by atoms with Crippen molar-refractivity contribution in [3.05, 3.63) is 34.1 Å². The molecule has 0 radical (unpaired) electrons. The van der Waals surface area contributed by atoms with Crippen LogP contribution in [0.2, 0.25) is 0 Å². The van der Waals surface area contributed by atoms with Crippen molar-refractivity contribution in [2.24, 2.45) is 11.8 Å². The smallest absolute Gasteiger partial charge is 0.253 e. The summed E-state index contributed by atoms with van der Waals surface area (Å²) < 4.78 is 13.9. The predicted octanol–water partition coefficient (Wildman–Crippen LogP) is 2.69. The van der Waals surface area contributed by atoms with Gasteiger partial charge in [0, 0.05) is 18.7 Å². The van der Waals surface area contributed by atoms with Gasteiger partial charge in [-0.15, -0.1) is 12.4 Å². The van der Waals surface area contributed by atoms with Gasteiger partial charge < -0.3 is 10.2 Å². The summed E-state index contributed by atoms with van der Waals surface area (Å²) in [6.07, 6.45) is 1.04. The Bertz CT molecular complexity index is 514. The number of carbonyl (C=O) groups excluding carboxylic acids is 1. The van der Waals surface area contributed by atoms with Gasteiger partial charge >= 0.3 is 0 Å². The molecule has 0 aromatic heterocycles. The van der Waals surface area contributed by atoms with Gasteiger partial charge in [0.05, 0.1) is 4.47 Å². The monoisotopic (exact) mass is 362 g/mol. The number of fused-ring (bicyclic) bond motifs is 1. The first kappa shape index (κ1) is 15.7. The molecule has 1 aromatic rings. The normalized spacial score (nSPS) is 25.0. The van der Waals surface area contributed by atoms with E-state index in [1.807, 2.05) is 4.90 Å². The van der Waals surface area contributed by atoms with Crippen LogP contribution in [0.4, 0.5) is 4.39 Å². The molecule has 0 bridgehead atoms. The highest BCUT2D eigenvalue weighted by Crippen LogP contribution is 2.27. The Morgan fingerprint density at radius 2 is 2.10 bits per heavy atom. The maximum Gasteiger partial charge on any atom is 0.253 e. The molecule has 1 aromatic carbocycles. The van der Waals surface area contributed by atoms with Crippen molar-refractivity contribution in [2.75, 3.05) is 26.2 Å². The highest BCUT2D eigenvalue weighted by molar-refractivity contribution is 9.10. The van der Waals surface area contributed by atoms with Gasteiger partial charge in [-0.25, -0.2) is 4.39 Å². The molecule has 2 atom stereocenters. The molecule has 3 nitrogen and oxygen atoms in total. The Balaban J connectivity index is 0.00000147. The van der Waals surface area contributed by atoms with Crippen molar-refractivity contribution in [3.8, 4) is 0 Å². The fourth-order valence-corrected chi connectivity index (χ4v) is 3.28. The second kappa shape index (κ2) is 6.41. The third-order valence-corrected chi connectivity index (χ3v) is 4.80. The first-order valence-electron chi connectivity index (χ1n) is 6.60. The molecule has 2 aliphatic heterocycles. The van der Waals surface area contributed by atoms with Crippen LogP contribution in [0.5, 0.6) is 0 Å². The van der Waals surface area contributed by atoms with Gasteiger partial charge in [-0.1, -0.05) is 0 Å². The Hall–Kier alpha value is -0.650. The fraction of sp³-hybridized carbons (Fsp3) is 0.500. The van der Waals surface area contributed by atoms with Crippen molar-refractivity contribution < 1.29 is 9.18 Å². The third-order valence-electron chi connectivity index (χ3n) is 4.16. The highest BCUT2D eigenvalue weighted by Gasteiger charge is 2.34. The lowest BCUT2D eigenvalue weighted by Crippen LogP contribution is -2.43. The number of rotatable bonds is 1. The molecule has 2 saturated heterocycles. The number of hydrogen-bond donors (Lipinski definition) is 1. The molecule has 0 spiro atoms. The van der Waals surface area contributed by atoms with Gasteiger partial charge in [0.15, 0.2) is 0 Å². The van der Waals surface area contributed by atoms with Crippen LogP contribution in [0, 0.1) is 17.7 Å². The van der Waals surface area contributed by atoms with E-state index in [2.05, 4.69) is 21.2 Å². The number of hydrogen-bond acceptors (Lipinski definition) is 2. The summed E-state index contributed by atoms with van der Waals surface area (Å²) in [5.41, 5.74) is 0.435. The van der Waals surface area contributed by atoms with Gasteiger partial charge in [0.2, 0.25) is 0 Å². The number of halogens is 3. The van der Waals surface area contributed by atoms with E-state index in [0.717, 1.165) is 32.6 Å². The fourth-order valence-electron chi connectivity index (χ4n) is 3.03. The first-order chi connectivity index (χ1) is 9.15. The second-order valence-corrected chi connectivity index (χ2v) is 6.20. The Labute approximate surface area is 132 Å². The van der Waals surface area contributed by atoms with Crippen LogP contribution in [-0.2, 0) is 0 Å². The van der Waals surface area contributed by atoms with Crippen LogP contribution in [0.15, 0.2) is 22.7 Å². The van der Waals surface area contributed by atoms with Gasteiger partial charge in [-0.05, 0) is 65.5 Å². The topological polar surface area (TPSA) is 32.3 Å². The van der Waals surface area contributed by atoms with E-state index >= 15 is 0 Å². The number of carbonyl (C=O) groups is 1. The zero-order valence-corrected chi connectivity index (χ0v) is 13.3. The van der Waals surface area contributed by atoms with Gasteiger partial charge in [0.25, 0.3) is 5.91 Å². The summed E-state index contributed by atoms with van der Waals surface area (Å²) in [7, 11) is 0. The van der Waals surface area contributed by atoms with Crippen molar-refractivity contribution >= 4 is 34.2 Å². The van der Waals surface area contributed by atoms with Crippen LogP contribution in [0.1, 0.15) is 16.8 Å². The van der Waals surface area contributed by atoms with E-state index in [4.69, 9.17) is 0 Å². The van der Waals surface area contributed by atoms with E-state index in [1.54, 1.807) is 12.1 Å². The minimum Gasteiger partial charge on any atom is -0.338 e. The number of nitrogens with zero attached hydrogens (tertiary/aromatic N) is 1. The van der Waals surface area contributed by atoms with Crippen LogP contribution in [0.3, 0.4) is 0 Å². The molecular formula is C14H17BrClFN2O. The number of likely N-dealkylation sites (tertiary alicyclic amines) is 1. The molecule has 1 amide bonds. The van der Waals surface area contributed by atoms with E-state index in [9.17, 15) is 9.18 Å². The van der Waals surface area contributed by atoms with Crippen molar-refractivity contribution in [1.82, 2.24) is 10.2 Å². The quantitative estimate of drug-likeness (QED) is 0.832. The predicted molar refractivity (Wildman–Crippen MR) is 81.7 cm³/mol. The summed E-state index contributed by atoms with van der Waals surface area (Å²) in [4.78, 5) is 14.2. The second-order valence-electron chi connectivity index (χ2n) is 5.35. The molecule has 0 saturated carbocycles. The number of benzene rings is 1. The largest absolute Gasteiger partial charge is 0.338 e. The van der Waals surface area contributed by atoms with Gasteiger partial charge in [-0.2, -0.15) is 0 Å². The highest BCUT2D eigenvalue weighted by atomic mass is 79.9. The summed E-state index contributed by atoms with van der Waals surface area (Å²) >= 11 is 3.10. The lowest BCUT2D eigenvalue weighted by atomic mass is 9.88. The summed E-state index contributed by atoms with van der Waals surface area (Å²) in [6, 6.07) is 4.58. The zero-order valence-electron chi connectivity index (χ0n) is 10.9. The van der Waals surface area contributed by atoms with Crippen LogP contribution in [0.25, 0.3) is 0 Å². The van der Waals surface area contributed by atoms with E-state index in [-0.39, 0.29) is 24.1 Å². The van der Waals surface area contributed by atoms with Crippen LogP contribution in [-0.4, -0.2) is 37.0 Å². The average Bonchev–Trinajstić information content (AvgIpc) is 2.88. The minimum absolute atomic E-state index is 0. The number of nitrogens with one attached hydrogen (secondary N) is 1. The van der Waals surface area contributed by atoms with Crippen molar-refractivity contribution in [3.63, 3.8) is 0 Å². The first-order valence-corrected chi connectivity index (χ1v) is 7.39. The van der Waals surface area contributed by atoms with Crippen LogP contribution < -0.4 is 5.32 Å². The molecule has 0 aliphatic carbocycles. The lowest BCUT2D eigenvalue weighted by Gasteiger charge is -2.34. The third kappa shape index (κ3) is 3.00. The number of amides is 1. The van der Waals surface area contributed by atoms with Gasteiger partial charge in [-0.3, -0.25) is 4.79 Å².